The SMILES string of the molecule is Cc1nc2c3c(ccc2s1)N(C)C(N)S3. The molecular weight excluding hydrogens is 226 g/mol. The molecule has 0 saturated heterocycles. The van der Waals surface area contributed by atoms with E-state index in [0.29, 0.717) is 0 Å². The van der Waals surface area contributed by atoms with Crippen LogP contribution in [0.5, 0.6) is 0 Å². The minimum atomic E-state index is 0.0209. The van der Waals surface area contributed by atoms with E-state index >= 15 is 0 Å². The van der Waals surface area contributed by atoms with Gasteiger partial charge >= 0.3 is 0 Å². The summed E-state index contributed by atoms with van der Waals surface area (Å²) in [7, 11) is 2.02. The number of benzene rings is 1. The normalized spacial score (nSPS) is 19.9. The van der Waals surface area contributed by atoms with Crippen LogP contribution in [0.3, 0.4) is 0 Å². The average molecular weight is 237 g/mol. The van der Waals surface area contributed by atoms with Crippen LogP contribution in [0, 0.1) is 6.92 Å². The summed E-state index contributed by atoms with van der Waals surface area (Å²) >= 11 is 3.43. The Balaban J connectivity index is 2.32. The molecule has 1 aromatic carbocycles. The number of anilines is 1. The second-order valence-corrected chi connectivity index (χ2v) is 5.97. The number of thioether (sulfide) groups is 1. The zero-order valence-corrected chi connectivity index (χ0v) is 10.2. The van der Waals surface area contributed by atoms with Crippen molar-refractivity contribution in [3.05, 3.63) is 17.1 Å². The molecule has 78 valence electrons. The Kier molecular flexibility index (Phi) is 1.95. The molecule has 5 heteroatoms. The molecular formula is C10H11N3S2. The van der Waals surface area contributed by atoms with Crippen molar-refractivity contribution in [3.8, 4) is 0 Å². The summed E-state index contributed by atoms with van der Waals surface area (Å²) in [6, 6.07) is 4.27. The Morgan fingerprint density at radius 2 is 2.27 bits per heavy atom. The van der Waals surface area contributed by atoms with Crippen molar-refractivity contribution in [1.82, 2.24) is 4.98 Å². The van der Waals surface area contributed by atoms with E-state index in [0.717, 1.165) is 10.5 Å². The Hall–Kier alpha value is -0.780. The van der Waals surface area contributed by atoms with Crippen LogP contribution >= 0.6 is 23.1 Å². The van der Waals surface area contributed by atoms with Gasteiger partial charge in [0.05, 0.1) is 25.8 Å². The molecule has 1 aromatic heterocycles. The molecule has 3 nitrogen and oxygen atoms in total. The molecule has 0 fully saturated rings. The van der Waals surface area contributed by atoms with Crippen LogP contribution in [0.15, 0.2) is 17.0 Å². The Morgan fingerprint density at radius 3 is 3.07 bits per heavy atom. The maximum Gasteiger partial charge on any atom is 0.130 e. The quantitative estimate of drug-likeness (QED) is 0.764. The van der Waals surface area contributed by atoms with Gasteiger partial charge in [0, 0.05) is 7.05 Å². The molecule has 0 amide bonds. The first-order valence-corrected chi connectivity index (χ1v) is 6.41. The summed E-state index contributed by atoms with van der Waals surface area (Å²) in [5, 5.41) is 1.11. The van der Waals surface area contributed by atoms with Crippen molar-refractivity contribution < 1.29 is 0 Å². The van der Waals surface area contributed by atoms with Gasteiger partial charge in [-0.05, 0) is 19.1 Å². The minimum absolute atomic E-state index is 0.0209. The Bertz CT molecular complexity index is 535. The molecule has 2 aromatic rings. The molecule has 0 saturated carbocycles. The molecule has 3 rings (SSSR count). The molecule has 0 aliphatic carbocycles. The maximum absolute atomic E-state index is 5.99. The van der Waals surface area contributed by atoms with Gasteiger partial charge in [0.1, 0.15) is 5.50 Å². The van der Waals surface area contributed by atoms with Crippen LogP contribution in [0.4, 0.5) is 5.69 Å². The monoisotopic (exact) mass is 237 g/mol. The highest BCUT2D eigenvalue weighted by molar-refractivity contribution is 8.00. The number of aryl methyl sites for hydroxylation is 1. The third-order valence-electron chi connectivity index (χ3n) is 2.60. The second-order valence-electron chi connectivity index (χ2n) is 3.61. The van der Waals surface area contributed by atoms with Crippen molar-refractivity contribution >= 4 is 39.0 Å². The molecule has 0 radical (unpaired) electrons. The van der Waals surface area contributed by atoms with Crippen LogP contribution < -0.4 is 10.6 Å². The number of hydrogen-bond donors (Lipinski definition) is 1. The van der Waals surface area contributed by atoms with E-state index in [9.17, 15) is 0 Å². The standard InChI is InChI=1S/C10H11N3S2/c1-5-12-8-7(14-5)4-3-6-9(8)15-10(11)13(6)2/h3-4,10H,11H2,1-2H3. The lowest BCUT2D eigenvalue weighted by atomic mass is 10.3. The largest absolute Gasteiger partial charge is 0.349 e. The van der Waals surface area contributed by atoms with E-state index in [1.54, 1.807) is 23.1 Å². The number of fused-ring (bicyclic) bond motifs is 3. The van der Waals surface area contributed by atoms with E-state index < -0.39 is 0 Å². The van der Waals surface area contributed by atoms with Gasteiger partial charge in [-0.2, -0.15) is 0 Å². The van der Waals surface area contributed by atoms with Gasteiger partial charge in [0.25, 0.3) is 0 Å². The second kappa shape index (κ2) is 3.10. The lowest BCUT2D eigenvalue weighted by molar-refractivity contribution is 0.887. The predicted molar refractivity (Wildman–Crippen MR) is 66.6 cm³/mol. The third-order valence-corrected chi connectivity index (χ3v) is 4.73. The van der Waals surface area contributed by atoms with Crippen LogP contribution in [-0.4, -0.2) is 17.5 Å². The van der Waals surface area contributed by atoms with Crippen molar-refractivity contribution in [1.29, 1.82) is 0 Å². The Morgan fingerprint density at radius 1 is 1.47 bits per heavy atom. The highest BCUT2D eigenvalue weighted by atomic mass is 32.2. The summed E-state index contributed by atoms with van der Waals surface area (Å²) in [6.07, 6.45) is 0. The summed E-state index contributed by atoms with van der Waals surface area (Å²) in [4.78, 5) is 7.89. The van der Waals surface area contributed by atoms with E-state index in [4.69, 9.17) is 5.73 Å². The van der Waals surface area contributed by atoms with Crippen LogP contribution in [0.2, 0.25) is 0 Å². The molecule has 2 heterocycles. The lowest BCUT2D eigenvalue weighted by Crippen LogP contribution is -2.32. The van der Waals surface area contributed by atoms with Gasteiger partial charge < -0.3 is 10.6 Å². The number of nitrogens with two attached hydrogens (primary N) is 1. The fourth-order valence-corrected chi connectivity index (χ4v) is 3.81. The highest BCUT2D eigenvalue weighted by Gasteiger charge is 2.26. The summed E-state index contributed by atoms with van der Waals surface area (Å²) in [6.45, 7) is 2.04. The summed E-state index contributed by atoms with van der Waals surface area (Å²) in [5.74, 6) is 0. The van der Waals surface area contributed by atoms with Crippen molar-refractivity contribution in [2.75, 3.05) is 11.9 Å². The fourth-order valence-electron chi connectivity index (χ4n) is 1.80. The Labute approximate surface area is 96.3 Å². The van der Waals surface area contributed by atoms with Crippen LogP contribution in [-0.2, 0) is 0 Å². The summed E-state index contributed by atoms with van der Waals surface area (Å²) in [5.41, 5.74) is 8.32. The molecule has 1 unspecified atom stereocenters. The van der Waals surface area contributed by atoms with Gasteiger partial charge in [-0.3, -0.25) is 0 Å². The van der Waals surface area contributed by atoms with Gasteiger partial charge in [-0.15, -0.1) is 11.3 Å². The van der Waals surface area contributed by atoms with Gasteiger partial charge in [0.2, 0.25) is 0 Å². The van der Waals surface area contributed by atoms with E-state index in [1.165, 1.54) is 15.3 Å². The zero-order valence-electron chi connectivity index (χ0n) is 8.52. The van der Waals surface area contributed by atoms with Gasteiger partial charge in [-0.25, -0.2) is 4.98 Å². The number of rotatable bonds is 0. The first-order valence-electron chi connectivity index (χ1n) is 4.72. The fraction of sp³-hybridized carbons (Fsp3) is 0.300. The first kappa shape index (κ1) is 9.45. The van der Waals surface area contributed by atoms with Crippen molar-refractivity contribution in [2.24, 2.45) is 5.73 Å². The number of aromatic nitrogens is 1. The zero-order chi connectivity index (χ0) is 10.6. The minimum Gasteiger partial charge on any atom is -0.349 e. The molecule has 1 aliphatic heterocycles. The summed E-state index contributed by atoms with van der Waals surface area (Å²) < 4.78 is 1.25. The van der Waals surface area contributed by atoms with E-state index in [2.05, 4.69) is 22.0 Å². The number of nitrogens with zero attached hydrogens (tertiary/aromatic N) is 2. The van der Waals surface area contributed by atoms with Crippen molar-refractivity contribution in [3.63, 3.8) is 0 Å². The maximum atomic E-state index is 5.99. The van der Waals surface area contributed by atoms with Crippen LogP contribution in [0.25, 0.3) is 10.2 Å². The highest BCUT2D eigenvalue weighted by Crippen LogP contribution is 2.45. The molecule has 0 spiro atoms. The number of thiazole rings is 1. The first-order chi connectivity index (χ1) is 7.16. The molecule has 1 aliphatic rings. The van der Waals surface area contributed by atoms with Gasteiger partial charge in [0.15, 0.2) is 0 Å². The lowest BCUT2D eigenvalue weighted by Gasteiger charge is -2.16. The average Bonchev–Trinajstić information content (AvgIpc) is 2.69. The predicted octanol–water partition coefficient (Wildman–Crippen LogP) is 2.39. The van der Waals surface area contributed by atoms with E-state index in [1.807, 2.05) is 14.0 Å². The van der Waals surface area contributed by atoms with Gasteiger partial charge in [-0.1, -0.05) is 11.8 Å². The van der Waals surface area contributed by atoms with Crippen molar-refractivity contribution in [2.45, 2.75) is 17.3 Å². The van der Waals surface area contributed by atoms with E-state index in [-0.39, 0.29) is 5.50 Å². The third kappa shape index (κ3) is 1.27. The number of hydrogen-bond acceptors (Lipinski definition) is 5. The molecule has 1 atom stereocenters. The topological polar surface area (TPSA) is 42.2 Å². The molecule has 0 bridgehead atoms. The van der Waals surface area contributed by atoms with Crippen LogP contribution in [0.1, 0.15) is 5.01 Å². The molecule has 15 heavy (non-hydrogen) atoms. The molecule has 2 N–H and O–H groups in total. The smallest absolute Gasteiger partial charge is 0.130 e.